The van der Waals surface area contributed by atoms with E-state index in [1.165, 1.54) is 48.1 Å². The predicted octanol–water partition coefficient (Wildman–Crippen LogP) is 3.86. The summed E-state index contributed by atoms with van der Waals surface area (Å²) in [5.74, 6) is 0.788. The Labute approximate surface area is 136 Å². The molecule has 4 nitrogen and oxygen atoms in total. The molecule has 0 aliphatic carbocycles. The number of H-pyrrole nitrogens is 1. The lowest BCUT2D eigenvalue weighted by Gasteiger charge is -2.31. The molecule has 0 aromatic carbocycles. The van der Waals surface area contributed by atoms with Crippen LogP contribution in [-0.4, -0.2) is 32.9 Å². The quantitative estimate of drug-likeness (QED) is 0.799. The zero-order chi connectivity index (χ0) is 15.6. The van der Waals surface area contributed by atoms with Crippen molar-refractivity contribution in [3.8, 4) is 11.3 Å². The molecule has 3 aromatic rings. The van der Waals surface area contributed by atoms with Crippen LogP contribution in [0.2, 0.25) is 0 Å². The van der Waals surface area contributed by atoms with Crippen molar-refractivity contribution in [2.24, 2.45) is 5.92 Å². The van der Waals surface area contributed by atoms with Crippen molar-refractivity contribution in [1.29, 1.82) is 0 Å². The van der Waals surface area contributed by atoms with E-state index in [-0.39, 0.29) is 0 Å². The highest BCUT2D eigenvalue weighted by Gasteiger charge is 2.20. The number of nitrogens with one attached hydrogen (secondary N) is 1. The molecule has 1 fully saturated rings. The SMILES string of the molecule is C[C@@H]1CCCN(Cc2c(-c3ccncc3)[nH]c3ncccc23)C1. The lowest BCUT2D eigenvalue weighted by atomic mass is 9.99. The Kier molecular flexibility index (Phi) is 3.83. The average Bonchev–Trinajstić information content (AvgIpc) is 2.95. The molecule has 1 atom stereocenters. The molecule has 0 spiro atoms. The Balaban J connectivity index is 1.77. The van der Waals surface area contributed by atoms with Crippen molar-refractivity contribution in [2.75, 3.05) is 13.1 Å². The fourth-order valence-electron chi connectivity index (χ4n) is 3.66. The van der Waals surface area contributed by atoms with Gasteiger partial charge in [-0.2, -0.15) is 0 Å². The zero-order valence-corrected chi connectivity index (χ0v) is 13.5. The summed E-state index contributed by atoms with van der Waals surface area (Å²) in [5, 5.41) is 1.23. The van der Waals surface area contributed by atoms with Crippen LogP contribution < -0.4 is 0 Å². The number of pyridine rings is 2. The van der Waals surface area contributed by atoms with E-state index in [9.17, 15) is 0 Å². The van der Waals surface area contributed by atoms with Crippen LogP contribution in [-0.2, 0) is 6.54 Å². The van der Waals surface area contributed by atoms with E-state index in [1.807, 2.05) is 24.7 Å². The molecule has 1 aliphatic rings. The van der Waals surface area contributed by atoms with Crippen LogP contribution in [0.1, 0.15) is 25.3 Å². The average molecular weight is 306 g/mol. The Morgan fingerprint density at radius 2 is 2.09 bits per heavy atom. The van der Waals surface area contributed by atoms with Gasteiger partial charge in [0.2, 0.25) is 0 Å². The van der Waals surface area contributed by atoms with Crippen LogP contribution in [0.3, 0.4) is 0 Å². The highest BCUT2D eigenvalue weighted by molar-refractivity contribution is 5.88. The highest BCUT2D eigenvalue weighted by Crippen LogP contribution is 2.31. The van der Waals surface area contributed by atoms with Gasteiger partial charge < -0.3 is 4.98 Å². The summed E-state index contributed by atoms with van der Waals surface area (Å²) in [6.45, 7) is 5.70. The third-order valence-electron chi connectivity index (χ3n) is 4.77. The molecule has 0 saturated carbocycles. The van der Waals surface area contributed by atoms with Crippen molar-refractivity contribution in [2.45, 2.75) is 26.3 Å². The van der Waals surface area contributed by atoms with Gasteiger partial charge in [0.1, 0.15) is 5.65 Å². The van der Waals surface area contributed by atoms with Crippen LogP contribution in [0.15, 0.2) is 42.9 Å². The van der Waals surface area contributed by atoms with Crippen LogP contribution in [0.4, 0.5) is 0 Å². The minimum Gasteiger partial charge on any atom is -0.339 e. The van der Waals surface area contributed by atoms with Gasteiger partial charge in [0.25, 0.3) is 0 Å². The van der Waals surface area contributed by atoms with Crippen LogP contribution >= 0.6 is 0 Å². The fraction of sp³-hybridized carbons (Fsp3) is 0.368. The van der Waals surface area contributed by atoms with Crippen molar-refractivity contribution >= 4 is 11.0 Å². The molecule has 0 bridgehead atoms. The van der Waals surface area contributed by atoms with Gasteiger partial charge in [-0.05, 0) is 49.6 Å². The second-order valence-electron chi connectivity index (χ2n) is 6.60. The number of aromatic amines is 1. The Morgan fingerprint density at radius 3 is 2.91 bits per heavy atom. The Bertz CT molecular complexity index is 793. The number of aromatic nitrogens is 3. The normalized spacial score (nSPS) is 19.3. The first-order chi connectivity index (χ1) is 11.3. The minimum atomic E-state index is 0.788. The summed E-state index contributed by atoms with van der Waals surface area (Å²) in [5.41, 5.74) is 4.69. The van der Waals surface area contributed by atoms with Crippen molar-refractivity contribution < 1.29 is 0 Å². The van der Waals surface area contributed by atoms with Crippen LogP contribution in [0.5, 0.6) is 0 Å². The topological polar surface area (TPSA) is 44.8 Å². The van der Waals surface area contributed by atoms with Crippen molar-refractivity contribution in [3.63, 3.8) is 0 Å². The molecule has 3 aromatic heterocycles. The molecule has 1 saturated heterocycles. The fourth-order valence-corrected chi connectivity index (χ4v) is 3.66. The van der Waals surface area contributed by atoms with Gasteiger partial charge in [-0.15, -0.1) is 0 Å². The molecule has 0 radical (unpaired) electrons. The summed E-state index contributed by atoms with van der Waals surface area (Å²) in [6.07, 6.45) is 8.19. The van der Waals surface area contributed by atoms with Crippen LogP contribution in [0.25, 0.3) is 22.3 Å². The Hall–Kier alpha value is -2.20. The number of rotatable bonds is 3. The molecule has 0 amide bonds. The largest absolute Gasteiger partial charge is 0.339 e. The van der Waals surface area contributed by atoms with E-state index in [0.29, 0.717) is 0 Å². The van der Waals surface area contributed by atoms with Crippen LogP contribution in [0, 0.1) is 5.92 Å². The van der Waals surface area contributed by atoms with Gasteiger partial charge >= 0.3 is 0 Å². The molecule has 118 valence electrons. The Morgan fingerprint density at radius 1 is 1.22 bits per heavy atom. The second kappa shape index (κ2) is 6.13. The molecule has 4 heteroatoms. The number of fused-ring (bicyclic) bond motifs is 1. The first-order valence-corrected chi connectivity index (χ1v) is 8.39. The maximum absolute atomic E-state index is 4.51. The minimum absolute atomic E-state index is 0.788. The summed E-state index contributed by atoms with van der Waals surface area (Å²) in [6, 6.07) is 8.32. The lowest BCUT2D eigenvalue weighted by molar-refractivity contribution is 0.177. The maximum Gasteiger partial charge on any atom is 0.138 e. The number of hydrogen-bond donors (Lipinski definition) is 1. The molecular weight excluding hydrogens is 284 g/mol. The molecule has 0 unspecified atom stereocenters. The monoisotopic (exact) mass is 306 g/mol. The summed E-state index contributed by atoms with van der Waals surface area (Å²) >= 11 is 0. The van der Waals surface area contributed by atoms with E-state index < -0.39 is 0 Å². The predicted molar refractivity (Wildman–Crippen MR) is 93.0 cm³/mol. The van der Waals surface area contributed by atoms with Crippen molar-refractivity contribution in [1.82, 2.24) is 19.9 Å². The second-order valence-corrected chi connectivity index (χ2v) is 6.60. The van der Waals surface area contributed by atoms with Gasteiger partial charge in [-0.1, -0.05) is 6.92 Å². The first-order valence-electron chi connectivity index (χ1n) is 8.39. The zero-order valence-electron chi connectivity index (χ0n) is 13.5. The van der Waals surface area contributed by atoms with E-state index >= 15 is 0 Å². The third-order valence-corrected chi connectivity index (χ3v) is 4.77. The lowest BCUT2D eigenvalue weighted by Crippen LogP contribution is -2.33. The third kappa shape index (κ3) is 2.86. The van der Waals surface area contributed by atoms with Crippen molar-refractivity contribution in [3.05, 3.63) is 48.4 Å². The van der Waals surface area contributed by atoms with E-state index in [4.69, 9.17) is 0 Å². The van der Waals surface area contributed by atoms with E-state index in [0.717, 1.165) is 18.1 Å². The summed E-state index contributed by atoms with van der Waals surface area (Å²) in [7, 11) is 0. The molecule has 4 heterocycles. The molecule has 4 rings (SSSR count). The molecule has 1 aliphatic heterocycles. The summed E-state index contributed by atoms with van der Waals surface area (Å²) < 4.78 is 0. The maximum atomic E-state index is 4.51. The van der Waals surface area contributed by atoms with Gasteiger partial charge in [0, 0.05) is 48.2 Å². The number of hydrogen-bond acceptors (Lipinski definition) is 3. The molecule has 1 N–H and O–H groups in total. The number of piperidine rings is 1. The van der Waals surface area contributed by atoms with Gasteiger partial charge in [-0.25, -0.2) is 4.98 Å². The highest BCUT2D eigenvalue weighted by atomic mass is 15.1. The number of likely N-dealkylation sites (tertiary alicyclic amines) is 1. The molecular formula is C19H22N4. The molecule has 23 heavy (non-hydrogen) atoms. The van der Waals surface area contributed by atoms with E-state index in [2.05, 4.69) is 45.0 Å². The smallest absolute Gasteiger partial charge is 0.138 e. The van der Waals surface area contributed by atoms with Gasteiger partial charge in [0.15, 0.2) is 0 Å². The van der Waals surface area contributed by atoms with E-state index in [1.54, 1.807) is 0 Å². The first kappa shape index (κ1) is 14.4. The van der Waals surface area contributed by atoms with Gasteiger partial charge in [0.05, 0.1) is 5.69 Å². The number of nitrogens with zero attached hydrogens (tertiary/aromatic N) is 3. The van der Waals surface area contributed by atoms with Gasteiger partial charge in [-0.3, -0.25) is 9.88 Å². The summed E-state index contributed by atoms with van der Waals surface area (Å²) in [4.78, 5) is 14.7. The standard InChI is InChI=1S/C19H22N4/c1-14-4-3-11-23(12-14)13-17-16-5-2-8-21-19(16)22-18(17)15-6-9-20-10-7-15/h2,5-10,14H,3-4,11-13H2,1H3,(H,21,22)/t14-/m1/s1.